The molecule has 3 nitrogen and oxygen atoms in total. The molecule has 0 radical (unpaired) electrons. The largest absolute Gasteiger partial charge is 0.481 e. The summed E-state index contributed by atoms with van der Waals surface area (Å²) in [5.41, 5.74) is 0.0998. The molecule has 1 aliphatic heterocycles. The number of alkyl halides is 3. The SMILES string of the molecule is CC(C(=O)O)C1CCNC(c2ccc(C(F)(F)F)cc2)C1.Cl. The zero-order valence-electron chi connectivity index (χ0n) is 12.1. The van der Waals surface area contributed by atoms with Crippen LogP contribution < -0.4 is 5.32 Å². The fourth-order valence-corrected chi connectivity index (χ4v) is 2.76. The van der Waals surface area contributed by atoms with Crippen molar-refractivity contribution in [1.82, 2.24) is 5.32 Å². The number of aliphatic carboxylic acids is 1. The number of carbonyl (C=O) groups is 1. The molecule has 2 N–H and O–H groups in total. The van der Waals surface area contributed by atoms with Crippen LogP contribution in [0.15, 0.2) is 24.3 Å². The van der Waals surface area contributed by atoms with Crippen molar-refractivity contribution in [2.75, 3.05) is 6.54 Å². The second kappa shape index (κ2) is 7.33. The van der Waals surface area contributed by atoms with Crippen LogP contribution in [-0.4, -0.2) is 17.6 Å². The summed E-state index contributed by atoms with van der Waals surface area (Å²) in [5, 5.41) is 12.3. The minimum atomic E-state index is -4.33. The minimum absolute atomic E-state index is 0. The molecule has 1 aromatic rings. The molecule has 0 saturated carbocycles. The third-order valence-electron chi connectivity index (χ3n) is 4.18. The number of halogens is 4. The number of benzene rings is 1. The van der Waals surface area contributed by atoms with Crippen molar-refractivity contribution in [3.05, 3.63) is 35.4 Å². The van der Waals surface area contributed by atoms with Gasteiger partial charge in [0.15, 0.2) is 0 Å². The van der Waals surface area contributed by atoms with E-state index in [0.29, 0.717) is 13.0 Å². The summed E-state index contributed by atoms with van der Waals surface area (Å²) < 4.78 is 37.6. The molecular weight excluding hydrogens is 319 g/mol. The Balaban J connectivity index is 0.00000242. The fraction of sp³-hybridized carbons (Fsp3) is 0.533. The molecule has 124 valence electrons. The van der Waals surface area contributed by atoms with Gasteiger partial charge in [-0.1, -0.05) is 19.1 Å². The predicted molar refractivity (Wildman–Crippen MR) is 79.0 cm³/mol. The smallest absolute Gasteiger partial charge is 0.416 e. The Labute approximate surface area is 133 Å². The Morgan fingerprint density at radius 2 is 1.91 bits per heavy atom. The van der Waals surface area contributed by atoms with Gasteiger partial charge in [-0.15, -0.1) is 12.4 Å². The van der Waals surface area contributed by atoms with Gasteiger partial charge in [0, 0.05) is 6.04 Å². The van der Waals surface area contributed by atoms with E-state index in [4.69, 9.17) is 5.11 Å². The van der Waals surface area contributed by atoms with Crippen molar-refractivity contribution >= 4 is 18.4 Å². The van der Waals surface area contributed by atoms with Gasteiger partial charge in [0.05, 0.1) is 11.5 Å². The van der Waals surface area contributed by atoms with Crippen molar-refractivity contribution in [2.45, 2.75) is 32.0 Å². The molecular formula is C15H19ClF3NO2. The van der Waals surface area contributed by atoms with Crippen LogP contribution in [-0.2, 0) is 11.0 Å². The summed E-state index contributed by atoms with van der Waals surface area (Å²) in [6.45, 7) is 2.36. The van der Waals surface area contributed by atoms with Crippen LogP contribution in [0, 0.1) is 11.8 Å². The summed E-state index contributed by atoms with van der Waals surface area (Å²) >= 11 is 0. The summed E-state index contributed by atoms with van der Waals surface area (Å²) in [5.74, 6) is -1.23. The van der Waals surface area contributed by atoms with Gasteiger partial charge in [0.2, 0.25) is 0 Å². The van der Waals surface area contributed by atoms with Gasteiger partial charge in [-0.25, -0.2) is 0 Å². The van der Waals surface area contributed by atoms with E-state index in [-0.39, 0.29) is 24.4 Å². The molecule has 1 fully saturated rings. The maximum absolute atomic E-state index is 12.5. The standard InChI is InChI=1S/C15H18F3NO2.ClH/c1-9(14(20)21)11-6-7-19-13(8-11)10-2-4-12(5-3-10)15(16,17)18;/h2-5,9,11,13,19H,6-8H2,1H3,(H,20,21);1H. The molecule has 3 unspecified atom stereocenters. The van der Waals surface area contributed by atoms with E-state index in [1.54, 1.807) is 6.92 Å². The van der Waals surface area contributed by atoms with E-state index in [1.807, 2.05) is 0 Å². The number of piperidine rings is 1. The number of carboxylic acid groups (broad SMARTS) is 1. The van der Waals surface area contributed by atoms with Crippen LogP contribution >= 0.6 is 12.4 Å². The molecule has 0 aliphatic carbocycles. The van der Waals surface area contributed by atoms with Gasteiger partial charge in [-0.3, -0.25) is 4.79 Å². The Bertz CT molecular complexity index is 505. The highest BCUT2D eigenvalue weighted by Crippen LogP contribution is 2.34. The molecule has 1 saturated heterocycles. The fourth-order valence-electron chi connectivity index (χ4n) is 2.76. The average molecular weight is 338 g/mol. The van der Waals surface area contributed by atoms with E-state index in [1.165, 1.54) is 12.1 Å². The van der Waals surface area contributed by atoms with Crippen LogP contribution in [0.5, 0.6) is 0 Å². The van der Waals surface area contributed by atoms with E-state index < -0.39 is 23.6 Å². The van der Waals surface area contributed by atoms with E-state index in [2.05, 4.69) is 5.32 Å². The second-order valence-corrected chi connectivity index (χ2v) is 5.54. The molecule has 3 atom stereocenters. The first-order valence-electron chi connectivity index (χ1n) is 6.92. The summed E-state index contributed by atoms with van der Waals surface area (Å²) in [7, 11) is 0. The van der Waals surface area contributed by atoms with Crippen LogP contribution in [0.1, 0.15) is 36.9 Å². The van der Waals surface area contributed by atoms with E-state index in [9.17, 15) is 18.0 Å². The van der Waals surface area contributed by atoms with Crippen LogP contribution in [0.2, 0.25) is 0 Å². The Kier molecular flexibility index (Phi) is 6.26. The Hall–Kier alpha value is -1.27. The normalized spacial score (nSPS) is 23.5. The topological polar surface area (TPSA) is 49.3 Å². The highest BCUT2D eigenvalue weighted by molar-refractivity contribution is 5.85. The molecule has 1 heterocycles. The maximum Gasteiger partial charge on any atom is 0.416 e. The van der Waals surface area contributed by atoms with Crippen molar-refractivity contribution in [2.24, 2.45) is 11.8 Å². The van der Waals surface area contributed by atoms with Gasteiger partial charge in [0.25, 0.3) is 0 Å². The first-order chi connectivity index (χ1) is 9.79. The summed E-state index contributed by atoms with van der Waals surface area (Å²) in [4.78, 5) is 11.1. The zero-order valence-corrected chi connectivity index (χ0v) is 12.9. The number of carboxylic acids is 1. The van der Waals surface area contributed by atoms with E-state index in [0.717, 1.165) is 24.1 Å². The molecule has 7 heteroatoms. The quantitative estimate of drug-likeness (QED) is 0.879. The predicted octanol–water partition coefficient (Wildman–Crippen LogP) is 3.89. The molecule has 0 bridgehead atoms. The van der Waals surface area contributed by atoms with Gasteiger partial charge in [-0.2, -0.15) is 13.2 Å². The molecule has 0 spiro atoms. The number of nitrogens with one attached hydrogen (secondary N) is 1. The lowest BCUT2D eigenvalue weighted by Crippen LogP contribution is -2.36. The van der Waals surface area contributed by atoms with Crippen LogP contribution in [0.3, 0.4) is 0 Å². The first-order valence-corrected chi connectivity index (χ1v) is 6.92. The molecule has 1 aliphatic rings. The van der Waals surface area contributed by atoms with Gasteiger partial charge < -0.3 is 10.4 Å². The van der Waals surface area contributed by atoms with Crippen LogP contribution in [0.4, 0.5) is 13.2 Å². The van der Waals surface area contributed by atoms with Crippen LogP contribution in [0.25, 0.3) is 0 Å². The lowest BCUT2D eigenvalue weighted by molar-refractivity contribution is -0.143. The molecule has 1 aromatic carbocycles. The third-order valence-corrected chi connectivity index (χ3v) is 4.18. The highest BCUT2D eigenvalue weighted by Gasteiger charge is 2.32. The number of hydrogen-bond donors (Lipinski definition) is 2. The summed E-state index contributed by atoms with van der Waals surface area (Å²) in [6.07, 6.45) is -2.94. The van der Waals surface area contributed by atoms with Gasteiger partial charge >= 0.3 is 12.1 Å². The molecule has 0 aromatic heterocycles. The molecule has 0 amide bonds. The maximum atomic E-state index is 12.5. The van der Waals surface area contributed by atoms with Crippen molar-refractivity contribution in [3.8, 4) is 0 Å². The first kappa shape index (κ1) is 18.8. The molecule has 22 heavy (non-hydrogen) atoms. The number of rotatable bonds is 3. The molecule has 2 rings (SSSR count). The second-order valence-electron chi connectivity index (χ2n) is 5.54. The lowest BCUT2D eigenvalue weighted by atomic mass is 9.81. The number of hydrogen-bond acceptors (Lipinski definition) is 2. The summed E-state index contributed by atoms with van der Waals surface area (Å²) in [6, 6.07) is 4.98. The van der Waals surface area contributed by atoms with Crippen molar-refractivity contribution in [1.29, 1.82) is 0 Å². The monoisotopic (exact) mass is 337 g/mol. The average Bonchev–Trinajstić information content (AvgIpc) is 2.46. The van der Waals surface area contributed by atoms with Gasteiger partial charge in [0.1, 0.15) is 0 Å². The highest BCUT2D eigenvalue weighted by atomic mass is 35.5. The Morgan fingerprint density at radius 1 is 1.32 bits per heavy atom. The van der Waals surface area contributed by atoms with Crippen molar-refractivity contribution in [3.63, 3.8) is 0 Å². The third kappa shape index (κ3) is 4.36. The van der Waals surface area contributed by atoms with Gasteiger partial charge in [-0.05, 0) is 43.0 Å². The van der Waals surface area contributed by atoms with Crippen molar-refractivity contribution < 1.29 is 23.1 Å². The lowest BCUT2D eigenvalue weighted by Gasteiger charge is -2.32. The van der Waals surface area contributed by atoms with E-state index >= 15 is 0 Å². The minimum Gasteiger partial charge on any atom is -0.481 e. The zero-order chi connectivity index (χ0) is 15.6. The Morgan fingerprint density at radius 3 is 2.41 bits per heavy atom.